The van der Waals surface area contributed by atoms with Crippen LogP contribution in [0.15, 0.2) is 18.2 Å². The Balaban J connectivity index is 2.31. The first-order valence-electron chi connectivity index (χ1n) is 7.40. The Labute approximate surface area is 125 Å². The lowest BCUT2D eigenvalue weighted by Gasteiger charge is -2.17. The minimum Gasteiger partial charge on any atom is -0.327 e. The number of imidazole rings is 1. The van der Waals surface area contributed by atoms with Crippen molar-refractivity contribution in [3.8, 4) is 0 Å². The topological polar surface area (TPSA) is 17.8 Å². The average Bonchev–Trinajstić information content (AvgIpc) is 2.80. The van der Waals surface area contributed by atoms with E-state index in [1.165, 1.54) is 31.4 Å². The van der Waals surface area contributed by atoms with Crippen molar-refractivity contribution in [2.75, 3.05) is 0 Å². The average molecular weight is 297 g/mol. The molecule has 20 heavy (non-hydrogen) atoms. The highest BCUT2D eigenvalue weighted by Gasteiger charge is 2.14. The van der Waals surface area contributed by atoms with Gasteiger partial charge in [0, 0.05) is 12.6 Å². The van der Waals surface area contributed by atoms with Gasteiger partial charge in [-0.05, 0) is 24.5 Å². The van der Waals surface area contributed by atoms with Gasteiger partial charge in [-0.2, -0.15) is 0 Å². The van der Waals surface area contributed by atoms with E-state index in [0.29, 0.717) is 17.3 Å². The van der Waals surface area contributed by atoms with Crippen molar-refractivity contribution in [2.45, 2.75) is 52.0 Å². The molecule has 1 unspecified atom stereocenters. The van der Waals surface area contributed by atoms with Crippen LogP contribution in [0.2, 0.25) is 0 Å². The lowest BCUT2D eigenvalue weighted by Crippen LogP contribution is -2.12. The largest absolute Gasteiger partial charge is 0.327 e. The van der Waals surface area contributed by atoms with Gasteiger partial charge in [0.2, 0.25) is 0 Å². The fraction of sp³-hybridized carbons (Fsp3) is 0.562. The number of halogens is 2. The highest BCUT2D eigenvalue weighted by Crippen LogP contribution is 2.23. The molecule has 0 aliphatic rings. The molecule has 0 fully saturated rings. The predicted octanol–water partition coefficient (Wildman–Crippen LogP) is 5.13. The predicted molar refractivity (Wildman–Crippen MR) is 82.6 cm³/mol. The summed E-state index contributed by atoms with van der Waals surface area (Å²) in [4.78, 5) is 4.45. The number of rotatable bonds is 7. The number of benzene rings is 1. The molecule has 2 rings (SSSR count). The van der Waals surface area contributed by atoms with Crippen molar-refractivity contribution < 1.29 is 4.39 Å². The molecule has 0 amide bonds. The maximum atomic E-state index is 13.3. The van der Waals surface area contributed by atoms with Crippen LogP contribution >= 0.6 is 11.6 Å². The van der Waals surface area contributed by atoms with Gasteiger partial charge >= 0.3 is 0 Å². The third kappa shape index (κ3) is 3.32. The highest BCUT2D eigenvalue weighted by molar-refractivity contribution is 6.16. The van der Waals surface area contributed by atoms with Crippen LogP contribution in [0.3, 0.4) is 0 Å². The van der Waals surface area contributed by atoms with Crippen molar-refractivity contribution in [3.05, 3.63) is 29.8 Å². The molecule has 110 valence electrons. The van der Waals surface area contributed by atoms with E-state index < -0.39 is 0 Å². The molecule has 1 heterocycles. The van der Waals surface area contributed by atoms with Gasteiger partial charge in [0.1, 0.15) is 11.6 Å². The Morgan fingerprint density at radius 3 is 2.80 bits per heavy atom. The molecule has 0 saturated carbocycles. The molecule has 0 radical (unpaired) electrons. The second-order valence-electron chi connectivity index (χ2n) is 5.32. The van der Waals surface area contributed by atoms with Crippen LogP contribution in [0.5, 0.6) is 0 Å². The van der Waals surface area contributed by atoms with Crippen molar-refractivity contribution in [2.24, 2.45) is 5.92 Å². The second kappa shape index (κ2) is 7.07. The molecular weight excluding hydrogens is 275 g/mol. The van der Waals surface area contributed by atoms with Crippen molar-refractivity contribution >= 4 is 22.6 Å². The summed E-state index contributed by atoms with van der Waals surface area (Å²) in [7, 11) is 0. The molecular formula is C16H22ClFN2. The smallest absolute Gasteiger partial charge is 0.125 e. The number of aromatic nitrogens is 2. The molecule has 1 atom stereocenters. The standard InChI is InChI=1S/C16H22ClFN2/c1-3-5-6-12(4-2)11-20-15-8-7-13(18)9-14(15)19-16(20)10-17/h7-9,12H,3-6,10-11H2,1-2H3. The zero-order valence-electron chi connectivity index (χ0n) is 12.2. The number of hydrogen-bond acceptors (Lipinski definition) is 1. The molecule has 4 heteroatoms. The maximum absolute atomic E-state index is 13.3. The Hall–Kier alpha value is -1.09. The first-order chi connectivity index (χ1) is 9.69. The van der Waals surface area contributed by atoms with Crippen molar-refractivity contribution in [1.29, 1.82) is 0 Å². The second-order valence-corrected chi connectivity index (χ2v) is 5.59. The minimum atomic E-state index is -0.249. The van der Waals surface area contributed by atoms with E-state index in [-0.39, 0.29) is 5.82 Å². The Morgan fingerprint density at radius 1 is 1.35 bits per heavy atom. The summed E-state index contributed by atoms with van der Waals surface area (Å²) >= 11 is 6.00. The van der Waals surface area contributed by atoms with E-state index in [1.54, 1.807) is 6.07 Å². The van der Waals surface area contributed by atoms with Crippen molar-refractivity contribution in [1.82, 2.24) is 9.55 Å². The number of hydrogen-bond donors (Lipinski definition) is 0. The summed E-state index contributed by atoms with van der Waals surface area (Å²) in [5.41, 5.74) is 1.68. The number of alkyl halides is 1. The fourth-order valence-corrected chi connectivity index (χ4v) is 2.84. The zero-order valence-corrected chi connectivity index (χ0v) is 13.0. The van der Waals surface area contributed by atoms with E-state index >= 15 is 0 Å². The Kier molecular flexibility index (Phi) is 5.41. The number of fused-ring (bicyclic) bond motifs is 1. The van der Waals surface area contributed by atoms with Crippen LogP contribution < -0.4 is 0 Å². The Bertz CT molecular complexity index is 565. The summed E-state index contributed by atoms with van der Waals surface area (Å²) in [6.07, 6.45) is 4.82. The Morgan fingerprint density at radius 2 is 2.15 bits per heavy atom. The molecule has 0 aliphatic heterocycles. The normalized spacial score (nSPS) is 13.0. The molecule has 0 N–H and O–H groups in total. The van der Waals surface area contributed by atoms with E-state index in [9.17, 15) is 4.39 Å². The van der Waals surface area contributed by atoms with Crippen LogP contribution in [-0.2, 0) is 12.4 Å². The van der Waals surface area contributed by atoms with E-state index in [4.69, 9.17) is 11.6 Å². The first-order valence-corrected chi connectivity index (χ1v) is 7.93. The van der Waals surface area contributed by atoms with Gasteiger partial charge in [-0.3, -0.25) is 0 Å². The molecule has 2 nitrogen and oxygen atoms in total. The van der Waals surface area contributed by atoms with Crippen LogP contribution in [0.25, 0.3) is 11.0 Å². The van der Waals surface area contributed by atoms with Gasteiger partial charge in [-0.25, -0.2) is 9.37 Å². The van der Waals surface area contributed by atoms with Gasteiger partial charge in [0.15, 0.2) is 0 Å². The molecule has 1 aromatic heterocycles. The summed E-state index contributed by atoms with van der Waals surface area (Å²) in [5, 5.41) is 0. The van der Waals surface area contributed by atoms with Crippen LogP contribution in [-0.4, -0.2) is 9.55 Å². The number of nitrogens with zero attached hydrogens (tertiary/aromatic N) is 2. The lowest BCUT2D eigenvalue weighted by atomic mass is 9.99. The third-order valence-corrected chi connectivity index (χ3v) is 4.13. The fourth-order valence-electron chi connectivity index (χ4n) is 2.63. The number of unbranched alkanes of at least 4 members (excludes halogenated alkanes) is 1. The van der Waals surface area contributed by atoms with Gasteiger partial charge in [-0.1, -0.05) is 33.1 Å². The quantitative estimate of drug-likeness (QED) is 0.648. The van der Waals surface area contributed by atoms with E-state index in [1.807, 2.05) is 0 Å². The van der Waals surface area contributed by atoms with Crippen molar-refractivity contribution in [3.63, 3.8) is 0 Å². The molecule has 1 aromatic carbocycles. The first kappa shape index (κ1) is 15.3. The van der Waals surface area contributed by atoms with Gasteiger partial charge in [0.05, 0.1) is 16.9 Å². The monoisotopic (exact) mass is 296 g/mol. The minimum absolute atomic E-state index is 0.249. The van der Waals surface area contributed by atoms with Gasteiger partial charge in [0.25, 0.3) is 0 Å². The third-order valence-electron chi connectivity index (χ3n) is 3.89. The summed E-state index contributed by atoms with van der Waals surface area (Å²) < 4.78 is 15.5. The summed E-state index contributed by atoms with van der Waals surface area (Å²) in [6.45, 7) is 5.35. The molecule has 0 saturated heterocycles. The molecule has 0 bridgehead atoms. The van der Waals surface area contributed by atoms with Gasteiger partial charge in [-0.15, -0.1) is 11.6 Å². The van der Waals surface area contributed by atoms with E-state index in [2.05, 4.69) is 23.4 Å². The van der Waals surface area contributed by atoms with Crippen LogP contribution in [0, 0.1) is 11.7 Å². The van der Waals surface area contributed by atoms with Gasteiger partial charge < -0.3 is 4.57 Å². The maximum Gasteiger partial charge on any atom is 0.125 e. The molecule has 0 aliphatic carbocycles. The van der Waals surface area contributed by atoms with E-state index in [0.717, 1.165) is 24.3 Å². The highest BCUT2D eigenvalue weighted by atomic mass is 35.5. The van der Waals surface area contributed by atoms with Crippen LogP contribution in [0.4, 0.5) is 4.39 Å². The summed E-state index contributed by atoms with van der Waals surface area (Å²) in [5.74, 6) is 1.57. The van der Waals surface area contributed by atoms with Crippen LogP contribution in [0.1, 0.15) is 45.4 Å². The zero-order chi connectivity index (χ0) is 14.5. The summed E-state index contributed by atoms with van der Waals surface area (Å²) in [6, 6.07) is 4.78. The molecule has 2 aromatic rings. The molecule has 0 spiro atoms. The lowest BCUT2D eigenvalue weighted by molar-refractivity contribution is 0.391. The SMILES string of the molecule is CCCCC(CC)Cn1c(CCl)nc2cc(F)ccc21.